The van der Waals surface area contributed by atoms with Crippen molar-refractivity contribution in [3.8, 4) is 11.1 Å². The number of carbonyl (C=O) groups is 2. The second-order valence-electron chi connectivity index (χ2n) is 4.89. The molecule has 2 aromatic heterocycles. The number of rotatable bonds is 7. The van der Waals surface area contributed by atoms with Gasteiger partial charge in [-0.3, -0.25) is 0 Å². The summed E-state index contributed by atoms with van der Waals surface area (Å²) >= 11 is 0. The Kier molecular flexibility index (Phi) is 22.4. The highest BCUT2D eigenvalue weighted by Crippen LogP contribution is 2.15. The van der Waals surface area contributed by atoms with E-state index in [9.17, 15) is 19.8 Å². The average Bonchev–Trinajstić information content (AvgIpc) is 2.52. The Labute approximate surface area is 160 Å². The zero-order valence-electron chi connectivity index (χ0n) is 15.0. The predicted octanol–water partition coefficient (Wildman–Crippen LogP) is -6.74. The van der Waals surface area contributed by atoms with Gasteiger partial charge in [0.15, 0.2) is 37.9 Å². The summed E-state index contributed by atoms with van der Waals surface area (Å²) in [7, 11) is 0. The molecule has 0 aliphatic carbocycles. The van der Waals surface area contributed by atoms with Crippen LogP contribution in [0.1, 0.15) is 12.8 Å². The predicted molar refractivity (Wildman–Crippen MR) is 93.2 cm³/mol. The fourth-order valence-electron chi connectivity index (χ4n) is 2.04. The van der Waals surface area contributed by atoms with Crippen LogP contribution in [-0.2, 0) is 22.7 Å². The van der Waals surface area contributed by atoms with Crippen molar-refractivity contribution >= 4 is 11.9 Å². The third-order valence-corrected chi connectivity index (χ3v) is 3.26. The van der Waals surface area contributed by atoms with Gasteiger partial charge in [0, 0.05) is 49.0 Å². The van der Waals surface area contributed by atoms with Crippen LogP contribution in [0.3, 0.4) is 0 Å². The summed E-state index contributed by atoms with van der Waals surface area (Å²) in [5.41, 5.74) is 1.99. The van der Waals surface area contributed by atoms with Crippen LogP contribution in [0, 0.1) is 0 Å². The van der Waals surface area contributed by atoms with Gasteiger partial charge in [-0.2, -0.15) is 0 Å². The van der Waals surface area contributed by atoms with Crippen molar-refractivity contribution in [3.05, 3.63) is 49.1 Å². The first kappa shape index (κ1) is 36.0. The minimum atomic E-state index is -1.07. The van der Waals surface area contributed by atoms with E-state index < -0.39 is 11.9 Å². The lowest BCUT2D eigenvalue weighted by molar-refractivity contribution is -0.696. The molecule has 12 N–H and O–H groups in total. The fraction of sp³-hybridized carbons (Fsp3) is 0.250. The van der Waals surface area contributed by atoms with Crippen LogP contribution in [0.4, 0.5) is 0 Å². The highest BCUT2D eigenvalue weighted by Gasteiger charge is 2.06. The smallest absolute Gasteiger partial charge is 0.169 e. The Bertz CT molecular complexity index is 603. The van der Waals surface area contributed by atoms with Gasteiger partial charge in [0.05, 0.1) is 0 Å². The molecule has 12 nitrogen and oxygen atoms in total. The third-order valence-electron chi connectivity index (χ3n) is 3.26. The molecule has 2 heterocycles. The average molecular weight is 408 g/mol. The lowest BCUT2D eigenvalue weighted by atomic mass is 10.1. The number of nitrogens with zero attached hydrogens (tertiary/aromatic N) is 2. The molecule has 0 unspecified atom stereocenters. The fourth-order valence-corrected chi connectivity index (χ4v) is 2.04. The summed E-state index contributed by atoms with van der Waals surface area (Å²) < 4.78 is 3.56. The van der Waals surface area contributed by atoms with E-state index in [-0.39, 0.29) is 45.7 Å². The van der Waals surface area contributed by atoms with Crippen LogP contribution >= 0.6 is 0 Å². The topological polar surface area (TPSA) is 277 Å². The van der Waals surface area contributed by atoms with Gasteiger partial charge < -0.3 is 52.7 Å². The molecule has 162 valence electrons. The van der Waals surface area contributed by atoms with Crippen molar-refractivity contribution in [2.75, 3.05) is 0 Å². The lowest BCUT2D eigenvalue weighted by Gasteiger charge is -2.02. The van der Waals surface area contributed by atoms with Crippen LogP contribution in [-0.4, -0.2) is 44.8 Å². The summed E-state index contributed by atoms with van der Waals surface area (Å²) in [6.45, 7) is 0.751. The zero-order valence-corrected chi connectivity index (χ0v) is 15.0. The highest BCUT2D eigenvalue weighted by molar-refractivity contribution is 5.64. The number of aromatic nitrogens is 2. The van der Waals surface area contributed by atoms with E-state index in [1.165, 1.54) is 0 Å². The van der Waals surface area contributed by atoms with Gasteiger partial charge in [-0.15, -0.1) is 0 Å². The summed E-state index contributed by atoms with van der Waals surface area (Å²) in [5, 5.41) is 20.8. The summed E-state index contributed by atoms with van der Waals surface area (Å²) in [4.78, 5) is 20.8. The molecule has 12 heteroatoms. The molecule has 0 aromatic carbocycles. The van der Waals surface area contributed by atoms with Gasteiger partial charge in [0.1, 0.15) is 0 Å². The Hall–Kier alpha value is -3.00. The normalized spacial score (nSPS) is 8.14. The van der Waals surface area contributed by atoms with Gasteiger partial charge in [-0.1, -0.05) is 0 Å². The molecule has 2 aromatic rings. The van der Waals surface area contributed by atoms with Crippen molar-refractivity contribution in [2.45, 2.75) is 25.9 Å². The monoisotopic (exact) mass is 408 g/mol. The van der Waals surface area contributed by atoms with E-state index in [1.54, 1.807) is 9.13 Å². The molecule has 0 atom stereocenters. The Morgan fingerprint density at radius 3 is 1.07 bits per heavy atom. The molecule has 0 radical (unpaired) electrons. The van der Waals surface area contributed by atoms with Gasteiger partial charge in [-0.05, 0) is 11.1 Å². The SMILES string of the molecule is O.O.O.O.O.O.O=C([O-])CC[n+]1ccc(-c2cc[n+](CCC(=O)[O-])cc2)cc1. The molecular formula is C16H28N2O10. The third kappa shape index (κ3) is 11.6. The molecule has 0 saturated heterocycles. The van der Waals surface area contributed by atoms with Crippen molar-refractivity contribution < 1.29 is 61.8 Å². The van der Waals surface area contributed by atoms with E-state index in [4.69, 9.17) is 0 Å². The second kappa shape index (κ2) is 17.4. The summed E-state index contributed by atoms with van der Waals surface area (Å²) in [6, 6.07) is 7.60. The Balaban J connectivity index is -0.000000294. The zero-order chi connectivity index (χ0) is 15.9. The molecule has 0 amide bonds. The van der Waals surface area contributed by atoms with Gasteiger partial charge in [0.2, 0.25) is 0 Å². The van der Waals surface area contributed by atoms with Crippen LogP contribution < -0.4 is 19.3 Å². The molecule has 0 saturated carbocycles. The van der Waals surface area contributed by atoms with Crippen LogP contribution in [0.5, 0.6) is 0 Å². The maximum absolute atomic E-state index is 10.4. The lowest BCUT2D eigenvalue weighted by Crippen LogP contribution is -2.37. The van der Waals surface area contributed by atoms with Crippen molar-refractivity contribution in [1.82, 2.24) is 0 Å². The molecule has 0 fully saturated rings. The van der Waals surface area contributed by atoms with Gasteiger partial charge in [0.25, 0.3) is 0 Å². The Morgan fingerprint density at radius 2 is 0.857 bits per heavy atom. The number of aliphatic carboxylic acids is 2. The number of carboxylic acids is 2. The quantitative estimate of drug-likeness (QED) is 0.403. The molecule has 28 heavy (non-hydrogen) atoms. The maximum Gasteiger partial charge on any atom is 0.169 e. The first-order valence-corrected chi connectivity index (χ1v) is 6.93. The molecular weight excluding hydrogens is 380 g/mol. The minimum Gasteiger partial charge on any atom is -0.550 e. The number of pyridine rings is 2. The second-order valence-corrected chi connectivity index (χ2v) is 4.89. The molecule has 0 spiro atoms. The standard InChI is InChI=1S/C16H16N2O4.6H2O/c19-15(20)5-11-17-7-1-13(2-8-17)14-3-9-18(10-4-14)12-6-16(21)22;;;;;;/h1-4,7-10H,5-6,11-12H2;6*1H2. The van der Waals surface area contributed by atoms with E-state index in [2.05, 4.69) is 0 Å². The number of hydrogen-bond donors (Lipinski definition) is 0. The highest BCUT2D eigenvalue weighted by atomic mass is 16.4. The maximum atomic E-state index is 10.4. The van der Waals surface area contributed by atoms with E-state index in [0.29, 0.717) is 13.1 Å². The molecule has 2 rings (SSSR count). The number of carbonyl (C=O) groups excluding carboxylic acids is 2. The van der Waals surface area contributed by atoms with Crippen LogP contribution in [0.2, 0.25) is 0 Å². The summed E-state index contributed by atoms with van der Waals surface area (Å²) in [6.07, 6.45) is 7.22. The molecule has 0 aliphatic heterocycles. The van der Waals surface area contributed by atoms with E-state index >= 15 is 0 Å². The van der Waals surface area contributed by atoms with Crippen molar-refractivity contribution in [2.24, 2.45) is 0 Å². The molecule has 0 bridgehead atoms. The number of carboxylic acid groups (broad SMARTS) is 2. The number of hydrogen-bond acceptors (Lipinski definition) is 4. The van der Waals surface area contributed by atoms with E-state index in [0.717, 1.165) is 11.1 Å². The van der Waals surface area contributed by atoms with Gasteiger partial charge in [-0.25, -0.2) is 9.13 Å². The molecule has 0 aliphatic rings. The van der Waals surface area contributed by atoms with E-state index in [1.807, 2.05) is 49.1 Å². The van der Waals surface area contributed by atoms with Crippen molar-refractivity contribution in [3.63, 3.8) is 0 Å². The first-order chi connectivity index (χ1) is 10.5. The van der Waals surface area contributed by atoms with Crippen LogP contribution in [0.25, 0.3) is 11.1 Å². The number of aryl methyl sites for hydroxylation is 2. The summed E-state index contributed by atoms with van der Waals surface area (Å²) in [5.74, 6) is -2.14. The van der Waals surface area contributed by atoms with Crippen LogP contribution in [0.15, 0.2) is 49.1 Å². The largest absolute Gasteiger partial charge is 0.550 e. The van der Waals surface area contributed by atoms with Gasteiger partial charge >= 0.3 is 0 Å². The minimum absolute atomic E-state index is 0. The first-order valence-electron chi connectivity index (χ1n) is 6.93. The Morgan fingerprint density at radius 1 is 0.607 bits per heavy atom. The van der Waals surface area contributed by atoms with Crippen molar-refractivity contribution in [1.29, 1.82) is 0 Å².